The van der Waals surface area contributed by atoms with E-state index < -0.39 is 40.6 Å². The lowest BCUT2D eigenvalue weighted by atomic mass is 9.90. The second-order valence-electron chi connectivity index (χ2n) is 13.4. The number of hydrogen-bond acceptors (Lipinski definition) is 10. The van der Waals surface area contributed by atoms with Crippen LogP contribution in [0.3, 0.4) is 0 Å². The van der Waals surface area contributed by atoms with Gasteiger partial charge in [0, 0.05) is 55.9 Å². The van der Waals surface area contributed by atoms with Crippen LogP contribution in [0.15, 0.2) is 78.0 Å². The molecule has 11 nitrogen and oxygen atoms in total. The highest BCUT2D eigenvalue weighted by molar-refractivity contribution is 7.89. The molecular weight excluding hydrogens is 660 g/mol. The van der Waals surface area contributed by atoms with Crippen molar-refractivity contribution in [2.45, 2.75) is 95.4 Å². The van der Waals surface area contributed by atoms with Crippen molar-refractivity contribution in [3.05, 3.63) is 84.2 Å². The monoisotopic (exact) mass is 710 g/mol. The Morgan fingerprint density at radius 1 is 0.900 bits per heavy atom. The average molecular weight is 711 g/mol. The van der Waals surface area contributed by atoms with E-state index in [2.05, 4.69) is 4.98 Å². The van der Waals surface area contributed by atoms with Crippen LogP contribution in [0, 0.1) is 11.8 Å². The first-order valence-electron chi connectivity index (χ1n) is 17.6. The maximum atomic E-state index is 14.4. The number of benzene rings is 2. The van der Waals surface area contributed by atoms with Gasteiger partial charge in [0.25, 0.3) is 0 Å². The molecule has 0 saturated carbocycles. The van der Waals surface area contributed by atoms with Gasteiger partial charge in [0.05, 0.1) is 30.6 Å². The minimum atomic E-state index is -4.14. The highest BCUT2D eigenvalue weighted by Crippen LogP contribution is 2.35. The average Bonchev–Trinajstić information content (AvgIpc) is 3.12. The third-order valence-electron chi connectivity index (χ3n) is 8.74. The Kier molecular flexibility index (Phi) is 14.0. The zero-order chi connectivity index (χ0) is 35.3. The molecule has 5 rings (SSSR count). The van der Waals surface area contributed by atoms with Crippen molar-refractivity contribution in [1.82, 2.24) is 9.29 Å². The van der Waals surface area contributed by atoms with Crippen molar-refractivity contribution in [1.29, 1.82) is 0 Å². The van der Waals surface area contributed by atoms with Gasteiger partial charge in [-0.3, -0.25) is 9.78 Å². The lowest BCUT2D eigenvalue weighted by Crippen LogP contribution is -2.43. The maximum absolute atomic E-state index is 14.4. The van der Waals surface area contributed by atoms with Crippen molar-refractivity contribution >= 4 is 16.0 Å². The highest BCUT2D eigenvalue weighted by atomic mass is 32.2. The van der Waals surface area contributed by atoms with Crippen LogP contribution in [-0.4, -0.2) is 73.8 Å². The van der Waals surface area contributed by atoms with Gasteiger partial charge in [0.15, 0.2) is 24.1 Å². The number of carbonyl (C=O) groups excluding carboxylic acids is 1. The Morgan fingerprint density at radius 2 is 1.58 bits per heavy atom. The summed E-state index contributed by atoms with van der Waals surface area (Å²) < 4.78 is 59.5. The lowest BCUT2D eigenvalue weighted by molar-refractivity contribution is -0.147. The van der Waals surface area contributed by atoms with Crippen LogP contribution in [0.2, 0.25) is 0 Å². The van der Waals surface area contributed by atoms with Gasteiger partial charge in [-0.05, 0) is 61.8 Å². The first-order chi connectivity index (χ1) is 24.2. The van der Waals surface area contributed by atoms with Crippen LogP contribution in [0.25, 0.3) is 0 Å². The normalized spacial score (nSPS) is 19.5. The second kappa shape index (κ2) is 18.6. The van der Waals surface area contributed by atoms with Crippen LogP contribution in [0.5, 0.6) is 11.5 Å². The molecule has 12 heteroatoms. The molecular formula is C38H50N2O9S. The number of pyridine rings is 1. The number of aromatic nitrogens is 1. The lowest BCUT2D eigenvalue weighted by Gasteiger charge is -2.31. The van der Waals surface area contributed by atoms with E-state index in [0.717, 1.165) is 43.2 Å². The van der Waals surface area contributed by atoms with E-state index in [9.17, 15) is 18.3 Å². The summed E-state index contributed by atoms with van der Waals surface area (Å²) in [5.41, 5.74) is 1.66. The topological polar surface area (TPSA) is 134 Å². The molecule has 3 heterocycles. The summed E-state index contributed by atoms with van der Waals surface area (Å²) in [5, 5.41) is 11.7. The van der Waals surface area contributed by atoms with Gasteiger partial charge in [-0.2, -0.15) is 4.31 Å². The summed E-state index contributed by atoms with van der Waals surface area (Å²) in [6, 6.07) is 17.7. The van der Waals surface area contributed by atoms with Crippen LogP contribution in [-0.2, 0) is 42.1 Å². The summed E-state index contributed by atoms with van der Waals surface area (Å²) in [6.07, 6.45) is 6.58. The number of ether oxygens (including phenoxy) is 5. The number of aliphatic hydroxyl groups is 1. The standard InChI is InChI=1S/C38H50N2O9S/c1-28(2)25-40(26-33(41)31(21-29-11-4-3-5-12-29)22-36(42)47-27-30-13-10-18-39-24-30)50(43,44)32-16-17-34(48-37-14-6-8-19-45-37)35(23-32)49-38-15-7-9-20-46-38/h3-5,10-13,16-18,23-24,28,31,33,37-38,41H,6-9,14-15,19-22,25-27H2,1-2H3/t31-,33-,37?,38?/m1/s1. The molecule has 0 spiro atoms. The number of nitrogens with zero attached hydrogens (tertiary/aromatic N) is 2. The molecule has 272 valence electrons. The minimum absolute atomic E-state index is 0.00330. The molecule has 2 aliphatic heterocycles. The summed E-state index contributed by atoms with van der Waals surface area (Å²) in [4.78, 5) is 17.1. The molecule has 2 saturated heterocycles. The fraction of sp³-hybridized carbons (Fsp3) is 0.526. The van der Waals surface area contributed by atoms with E-state index in [0.29, 0.717) is 31.8 Å². The molecule has 1 N–H and O–H groups in total. The molecule has 0 radical (unpaired) electrons. The van der Waals surface area contributed by atoms with Crippen molar-refractivity contribution in [2.75, 3.05) is 26.3 Å². The fourth-order valence-electron chi connectivity index (χ4n) is 6.10. The van der Waals surface area contributed by atoms with Gasteiger partial charge in [-0.1, -0.05) is 50.2 Å². The van der Waals surface area contributed by atoms with Gasteiger partial charge in [0.1, 0.15) is 6.61 Å². The van der Waals surface area contributed by atoms with E-state index in [1.165, 1.54) is 16.4 Å². The number of sulfonamides is 1. The minimum Gasteiger partial charge on any atom is -0.461 e. The number of hydrogen-bond donors (Lipinski definition) is 1. The SMILES string of the molecule is CC(C)CN(C[C@@H](O)[C@@H](CC(=O)OCc1cccnc1)Cc1ccccc1)S(=O)(=O)c1ccc(OC2CCCCO2)c(OC2CCCCO2)c1. The largest absolute Gasteiger partial charge is 0.461 e. The molecule has 2 fully saturated rings. The molecule has 0 amide bonds. The number of rotatable bonds is 17. The highest BCUT2D eigenvalue weighted by Gasteiger charge is 2.33. The smallest absolute Gasteiger partial charge is 0.306 e. The van der Waals surface area contributed by atoms with Gasteiger partial charge in [-0.25, -0.2) is 8.42 Å². The predicted molar refractivity (Wildman–Crippen MR) is 187 cm³/mol. The molecule has 0 bridgehead atoms. The zero-order valence-electron chi connectivity index (χ0n) is 29.0. The number of aliphatic hydroxyl groups excluding tert-OH is 1. The fourth-order valence-corrected chi connectivity index (χ4v) is 7.73. The Balaban J connectivity index is 1.37. The van der Waals surface area contributed by atoms with Crippen LogP contribution in [0.4, 0.5) is 0 Å². The zero-order valence-corrected chi connectivity index (χ0v) is 29.8. The van der Waals surface area contributed by atoms with E-state index in [1.54, 1.807) is 24.5 Å². The Hall–Kier alpha value is -3.55. The third-order valence-corrected chi connectivity index (χ3v) is 10.6. The molecule has 2 unspecified atom stereocenters. The summed E-state index contributed by atoms with van der Waals surface area (Å²) >= 11 is 0. The van der Waals surface area contributed by atoms with Gasteiger partial charge < -0.3 is 28.8 Å². The van der Waals surface area contributed by atoms with E-state index in [4.69, 9.17) is 23.7 Å². The van der Waals surface area contributed by atoms with E-state index >= 15 is 0 Å². The molecule has 3 aromatic rings. The summed E-state index contributed by atoms with van der Waals surface area (Å²) in [5.74, 6) is -0.510. The molecule has 2 aromatic carbocycles. The van der Waals surface area contributed by atoms with Crippen molar-refractivity contribution < 1.29 is 42.0 Å². The van der Waals surface area contributed by atoms with Gasteiger partial charge in [-0.15, -0.1) is 0 Å². The Labute approximate surface area is 295 Å². The van der Waals surface area contributed by atoms with Crippen LogP contribution >= 0.6 is 0 Å². The molecule has 1 aromatic heterocycles. The first-order valence-corrected chi connectivity index (χ1v) is 19.1. The van der Waals surface area contributed by atoms with Crippen molar-refractivity contribution in [3.8, 4) is 11.5 Å². The number of esters is 1. The van der Waals surface area contributed by atoms with E-state index in [-0.39, 0.29) is 42.7 Å². The molecule has 0 aliphatic carbocycles. The summed E-state index contributed by atoms with van der Waals surface area (Å²) in [7, 11) is -4.14. The van der Waals surface area contributed by atoms with Gasteiger partial charge >= 0.3 is 5.97 Å². The number of carbonyl (C=O) groups is 1. The Bertz CT molecular complexity index is 1580. The molecule has 2 aliphatic rings. The first kappa shape index (κ1) is 37.7. The quantitative estimate of drug-likeness (QED) is 0.169. The van der Waals surface area contributed by atoms with Crippen molar-refractivity contribution in [3.63, 3.8) is 0 Å². The molecule has 4 atom stereocenters. The maximum Gasteiger partial charge on any atom is 0.306 e. The Morgan fingerprint density at radius 3 is 2.20 bits per heavy atom. The van der Waals surface area contributed by atoms with Crippen LogP contribution < -0.4 is 9.47 Å². The van der Waals surface area contributed by atoms with Crippen LogP contribution in [0.1, 0.15) is 69.9 Å². The molecule has 50 heavy (non-hydrogen) atoms. The third kappa shape index (κ3) is 11.2. The second-order valence-corrected chi connectivity index (χ2v) is 15.3. The summed E-state index contributed by atoms with van der Waals surface area (Å²) in [6.45, 7) is 4.98. The van der Waals surface area contributed by atoms with Crippen molar-refractivity contribution in [2.24, 2.45) is 11.8 Å². The van der Waals surface area contributed by atoms with E-state index in [1.807, 2.05) is 50.2 Å². The van der Waals surface area contributed by atoms with Gasteiger partial charge in [0.2, 0.25) is 10.0 Å². The predicted octanol–water partition coefficient (Wildman–Crippen LogP) is 5.89.